The van der Waals surface area contributed by atoms with Crippen LogP contribution in [0, 0.1) is 0 Å². The van der Waals surface area contributed by atoms with E-state index in [1.807, 2.05) is 29.2 Å². The molecule has 0 bridgehead atoms. The molecule has 0 unspecified atom stereocenters. The summed E-state index contributed by atoms with van der Waals surface area (Å²) in [4.78, 5) is 31.9. The Kier molecular flexibility index (Phi) is 4.07. The minimum atomic E-state index is -0.255. The van der Waals surface area contributed by atoms with E-state index in [4.69, 9.17) is 0 Å². The molecule has 2 aromatic heterocycles. The largest absolute Gasteiger partial charge is 0.352 e. The number of anilines is 1. The van der Waals surface area contributed by atoms with Gasteiger partial charge in [0.2, 0.25) is 5.56 Å². The summed E-state index contributed by atoms with van der Waals surface area (Å²) in [5.41, 5.74) is 3.32. The summed E-state index contributed by atoms with van der Waals surface area (Å²) in [6.07, 6.45) is 3.25. The van der Waals surface area contributed by atoms with Gasteiger partial charge in [0, 0.05) is 43.1 Å². The van der Waals surface area contributed by atoms with Crippen LogP contribution < -0.4 is 10.5 Å². The quantitative estimate of drug-likeness (QED) is 0.738. The van der Waals surface area contributed by atoms with Crippen molar-refractivity contribution in [2.24, 2.45) is 0 Å². The van der Waals surface area contributed by atoms with Crippen molar-refractivity contribution < 1.29 is 4.79 Å². The molecule has 1 fully saturated rings. The van der Waals surface area contributed by atoms with Crippen LogP contribution in [0.4, 0.5) is 5.82 Å². The molecule has 142 valence electrons. The summed E-state index contributed by atoms with van der Waals surface area (Å²) in [5, 5.41) is 9.53. The Hall–Kier alpha value is -3.22. The Labute approximate surface area is 162 Å². The monoisotopic (exact) mass is 375 g/mol. The number of carbonyl (C=O) groups excluding carboxylic acids is 1. The second-order valence-corrected chi connectivity index (χ2v) is 7.40. The van der Waals surface area contributed by atoms with E-state index in [1.54, 1.807) is 0 Å². The second kappa shape index (κ2) is 6.74. The first-order valence-corrected chi connectivity index (χ1v) is 9.71. The van der Waals surface area contributed by atoms with Gasteiger partial charge in [0.25, 0.3) is 5.91 Å². The van der Waals surface area contributed by atoms with Gasteiger partial charge in [-0.05, 0) is 37.0 Å². The Morgan fingerprint density at radius 3 is 2.68 bits per heavy atom. The number of aromatic nitrogens is 3. The number of nitrogens with zero attached hydrogens (tertiary/aromatic N) is 4. The van der Waals surface area contributed by atoms with E-state index < -0.39 is 0 Å². The van der Waals surface area contributed by atoms with E-state index in [0.29, 0.717) is 37.3 Å². The third kappa shape index (κ3) is 2.93. The van der Waals surface area contributed by atoms with Crippen LogP contribution in [0.5, 0.6) is 0 Å². The molecule has 1 amide bonds. The molecule has 1 aromatic carbocycles. The van der Waals surface area contributed by atoms with Crippen molar-refractivity contribution in [2.75, 3.05) is 31.1 Å². The Morgan fingerprint density at radius 1 is 1.00 bits per heavy atom. The number of aryl methyl sites for hydroxylation is 2. The maximum absolute atomic E-state index is 13.1. The third-order valence-electron chi connectivity index (χ3n) is 5.68. The summed E-state index contributed by atoms with van der Waals surface area (Å²) < 4.78 is 0. The molecule has 1 aliphatic carbocycles. The number of H-pyrrole nitrogens is 1. The first kappa shape index (κ1) is 16.9. The van der Waals surface area contributed by atoms with Crippen molar-refractivity contribution in [1.82, 2.24) is 20.1 Å². The number of aromatic amines is 1. The fourth-order valence-corrected chi connectivity index (χ4v) is 4.16. The zero-order valence-electron chi connectivity index (χ0n) is 15.5. The number of carbonyl (C=O) groups is 1. The summed E-state index contributed by atoms with van der Waals surface area (Å²) >= 11 is 0. The van der Waals surface area contributed by atoms with Gasteiger partial charge in [0.1, 0.15) is 0 Å². The minimum absolute atomic E-state index is 0.0954. The normalized spacial score (nSPS) is 16.4. The smallest absolute Gasteiger partial charge is 0.254 e. The molecule has 1 saturated heterocycles. The molecule has 0 saturated carbocycles. The van der Waals surface area contributed by atoms with Gasteiger partial charge < -0.3 is 14.8 Å². The summed E-state index contributed by atoms with van der Waals surface area (Å²) in [6, 6.07) is 11.0. The van der Waals surface area contributed by atoms with Crippen LogP contribution in [0.15, 0.2) is 41.2 Å². The van der Waals surface area contributed by atoms with Gasteiger partial charge in [-0.25, -0.2) is 0 Å². The van der Waals surface area contributed by atoms with Gasteiger partial charge in [0.15, 0.2) is 5.82 Å². The second-order valence-electron chi connectivity index (χ2n) is 7.40. The van der Waals surface area contributed by atoms with E-state index in [9.17, 15) is 9.59 Å². The van der Waals surface area contributed by atoms with Crippen molar-refractivity contribution in [3.05, 3.63) is 63.6 Å². The van der Waals surface area contributed by atoms with E-state index in [2.05, 4.69) is 26.1 Å². The number of para-hydroxylation sites is 1. The fourth-order valence-electron chi connectivity index (χ4n) is 4.16. The zero-order chi connectivity index (χ0) is 19.1. The topological polar surface area (TPSA) is 82.2 Å². The van der Waals surface area contributed by atoms with Crippen molar-refractivity contribution in [3.8, 4) is 0 Å². The lowest BCUT2D eigenvalue weighted by atomic mass is 10.1. The summed E-state index contributed by atoms with van der Waals surface area (Å²) in [7, 11) is 0. The van der Waals surface area contributed by atoms with E-state index in [1.165, 1.54) is 11.6 Å². The molecule has 3 aromatic rings. The van der Waals surface area contributed by atoms with Gasteiger partial charge in [-0.1, -0.05) is 18.2 Å². The number of piperazine rings is 1. The lowest BCUT2D eigenvalue weighted by Crippen LogP contribution is -2.49. The predicted octanol–water partition coefficient (Wildman–Crippen LogP) is 1.77. The number of rotatable bonds is 2. The molecule has 1 aliphatic heterocycles. The standard InChI is InChI=1S/C21H21N5O2/c27-20-13-16(15-5-1-2-6-18(15)22-20)21(28)26-10-8-25(9-11-26)19-12-14-4-3-7-17(14)23-24-19/h1-2,5-6,12-13H,3-4,7-11H2,(H,22,27). The van der Waals surface area contributed by atoms with Crippen LogP contribution in [0.2, 0.25) is 0 Å². The lowest BCUT2D eigenvalue weighted by molar-refractivity contribution is 0.0748. The molecule has 7 nitrogen and oxygen atoms in total. The van der Waals surface area contributed by atoms with Gasteiger partial charge in [-0.3, -0.25) is 9.59 Å². The molecule has 2 aliphatic rings. The van der Waals surface area contributed by atoms with Crippen LogP contribution >= 0.6 is 0 Å². The van der Waals surface area contributed by atoms with Gasteiger partial charge in [-0.15, -0.1) is 5.10 Å². The first-order chi connectivity index (χ1) is 13.7. The molecular formula is C21H21N5O2. The Morgan fingerprint density at radius 2 is 1.82 bits per heavy atom. The lowest BCUT2D eigenvalue weighted by Gasteiger charge is -2.35. The highest BCUT2D eigenvalue weighted by molar-refractivity contribution is 6.06. The number of pyridine rings is 1. The van der Waals surface area contributed by atoms with Crippen molar-refractivity contribution in [3.63, 3.8) is 0 Å². The van der Waals surface area contributed by atoms with Crippen molar-refractivity contribution in [1.29, 1.82) is 0 Å². The average molecular weight is 375 g/mol. The number of nitrogens with one attached hydrogen (secondary N) is 1. The van der Waals surface area contributed by atoms with Crippen molar-refractivity contribution >= 4 is 22.6 Å². The van der Waals surface area contributed by atoms with Gasteiger partial charge >= 0.3 is 0 Å². The van der Waals surface area contributed by atoms with E-state index in [0.717, 1.165) is 36.2 Å². The summed E-state index contributed by atoms with van der Waals surface area (Å²) in [6.45, 7) is 2.61. The number of amides is 1. The molecule has 0 radical (unpaired) electrons. The first-order valence-electron chi connectivity index (χ1n) is 9.71. The van der Waals surface area contributed by atoms with Gasteiger partial charge in [-0.2, -0.15) is 5.10 Å². The van der Waals surface area contributed by atoms with Crippen LogP contribution in [-0.4, -0.2) is 52.2 Å². The number of fused-ring (bicyclic) bond motifs is 2. The van der Waals surface area contributed by atoms with Crippen molar-refractivity contribution in [2.45, 2.75) is 19.3 Å². The van der Waals surface area contributed by atoms with Crippen LogP contribution in [0.3, 0.4) is 0 Å². The SMILES string of the molecule is O=C(c1cc(=O)[nH]c2ccccc12)N1CCN(c2cc3c(nn2)CCC3)CC1. The highest BCUT2D eigenvalue weighted by atomic mass is 16.2. The average Bonchev–Trinajstić information content (AvgIpc) is 3.20. The Balaban J connectivity index is 1.35. The van der Waals surface area contributed by atoms with Crippen LogP contribution in [0.25, 0.3) is 10.9 Å². The van der Waals surface area contributed by atoms with Gasteiger partial charge in [0.05, 0.1) is 11.3 Å². The predicted molar refractivity (Wildman–Crippen MR) is 107 cm³/mol. The van der Waals surface area contributed by atoms with E-state index >= 15 is 0 Å². The molecule has 28 heavy (non-hydrogen) atoms. The molecule has 0 atom stereocenters. The Bertz CT molecular complexity index is 1120. The maximum Gasteiger partial charge on any atom is 0.254 e. The molecular weight excluding hydrogens is 354 g/mol. The molecule has 7 heteroatoms. The van der Waals surface area contributed by atoms with E-state index in [-0.39, 0.29) is 11.5 Å². The maximum atomic E-state index is 13.1. The third-order valence-corrected chi connectivity index (χ3v) is 5.68. The molecule has 0 spiro atoms. The zero-order valence-corrected chi connectivity index (χ0v) is 15.5. The summed E-state index contributed by atoms with van der Waals surface area (Å²) in [5.74, 6) is 0.802. The highest BCUT2D eigenvalue weighted by Gasteiger charge is 2.25. The number of hydrogen-bond donors (Lipinski definition) is 1. The molecule has 1 N–H and O–H groups in total. The van der Waals surface area contributed by atoms with Crippen LogP contribution in [-0.2, 0) is 12.8 Å². The number of benzene rings is 1. The van der Waals surface area contributed by atoms with Crippen LogP contribution in [0.1, 0.15) is 28.0 Å². The molecule has 3 heterocycles. The fraction of sp³-hybridized carbons (Fsp3) is 0.333. The molecule has 5 rings (SSSR count). The number of hydrogen-bond acceptors (Lipinski definition) is 5. The minimum Gasteiger partial charge on any atom is -0.352 e. The highest BCUT2D eigenvalue weighted by Crippen LogP contribution is 2.24.